The molecule has 0 aliphatic heterocycles. The molecule has 0 aromatic heterocycles. The summed E-state index contributed by atoms with van der Waals surface area (Å²) in [5.41, 5.74) is 0.00234. The van der Waals surface area contributed by atoms with Crippen LogP contribution >= 0.6 is 11.6 Å². The van der Waals surface area contributed by atoms with Crippen LogP contribution < -0.4 is 5.32 Å². The van der Waals surface area contributed by atoms with E-state index in [-0.39, 0.29) is 6.54 Å². The normalized spacial score (nSPS) is 9.67. The number of carbonyl (C=O) groups excluding carboxylic acids is 1. The molecule has 0 radical (unpaired) electrons. The summed E-state index contributed by atoms with van der Waals surface area (Å²) in [5, 5.41) is 2.83. The van der Waals surface area contributed by atoms with Crippen molar-refractivity contribution in [2.24, 2.45) is 0 Å². The smallest absolute Gasteiger partial charge is 0.258 e. The highest BCUT2D eigenvalue weighted by molar-refractivity contribution is 6.31. The Balaban J connectivity index is 2.02. The number of carbonyl (C=O) groups is 1. The minimum absolute atomic E-state index is 0.0438. The molecule has 1 amide bonds. The molecule has 1 N–H and O–H groups in total. The fourth-order valence-electron chi connectivity index (χ4n) is 1.63. The number of rotatable bonds is 2. The third-order valence-electron chi connectivity index (χ3n) is 2.62. The van der Waals surface area contributed by atoms with Crippen LogP contribution in [0.1, 0.15) is 15.9 Å². The van der Waals surface area contributed by atoms with E-state index in [0.29, 0.717) is 10.6 Å². The minimum atomic E-state index is -0.911. The molecule has 0 bridgehead atoms. The van der Waals surface area contributed by atoms with Crippen molar-refractivity contribution in [2.45, 2.75) is 0 Å². The van der Waals surface area contributed by atoms with Crippen molar-refractivity contribution in [3.63, 3.8) is 0 Å². The van der Waals surface area contributed by atoms with Crippen molar-refractivity contribution in [3.8, 4) is 11.8 Å². The van der Waals surface area contributed by atoms with E-state index in [2.05, 4.69) is 17.2 Å². The molecule has 21 heavy (non-hydrogen) atoms. The first kappa shape index (κ1) is 15.0. The number of halogens is 3. The first-order valence-electron chi connectivity index (χ1n) is 6.05. The number of benzene rings is 2. The summed E-state index contributed by atoms with van der Waals surface area (Å²) in [5.74, 6) is 2.77. The van der Waals surface area contributed by atoms with Crippen LogP contribution in [0.2, 0.25) is 5.02 Å². The maximum absolute atomic E-state index is 13.4. The molecular weight excluding hydrogens is 296 g/mol. The molecule has 0 atom stereocenters. The molecule has 5 heteroatoms. The average Bonchev–Trinajstić information content (AvgIpc) is 2.45. The van der Waals surface area contributed by atoms with E-state index in [9.17, 15) is 13.6 Å². The Morgan fingerprint density at radius 2 is 1.76 bits per heavy atom. The van der Waals surface area contributed by atoms with Gasteiger partial charge in [-0.1, -0.05) is 41.6 Å². The number of amides is 1. The van der Waals surface area contributed by atoms with E-state index in [1.54, 1.807) is 24.3 Å². The zero-order valence-corrected chi connectivity index (χ0v) is 11.5. The predicted octanol–water partition coefficient (Wildman–Crippen LogP) is 3.40. The molecule has 0 aliphatic rings. The van der Waals surface area contributed by atoms with Crippen LogP contribution in [0.4, 0.5) is 8.78 Å². The van der Waals surface area contributed by atoms with Crippen LogP contribution in [-0.4, -0.2) is 12.5 Å². The van der Waals surface area contributed by atoms with Gasteiger partial charge in [0, 0.05) is 5.56 Å². The number of hydrogen-bond acceptors (Lipinski definition) is 1. The third-order valence-corrected chi connectivity index (χ3v) is 2.95. The van der Waals surface area contributed by atoms with E-state index in [1.165, 1.54) is 6.07 Å². The van der Waals surface area contributed by atoms with Gasteiger partial charge in [-0.05, 0) is 24.3 Å². The van der Waals surface area contributed by atoms with Gasteiger partial charge in [-0.3, -0.25) is 4.79 Å². The van der Waals surface area contributed by atoms with Gasteiger partial charge in [-0.2, -0.15) is 0 Å². The molecule has 0 spiro atoms. The van der Waals surface area contributed by atoms with E-state index in [4.69, 9.17) is 11.6 Å². The summed E-state index contributed by atoms with van der Waals surface area (Å²) >= 11 is 5.91. The van der Waals surface area contributed by atoms with Crippen LogP contribution in [0.25, 0.3) is 0 Å². The molecule has 0 saturated carbocycles. The third kappa shape index (κ3) is 3.80. The Morgan fingerprint density at radius 3 is 2.43 bits per heavy atom. The molecule has 0 saturated heterocycles. The molecule has 2 rings (SSSR count). The van der Waals surface area contributed by atoms with E-state index < -0.39 is 23.1 Å². The molecule has 0 heterocycles. The predicted molar refractivity (Wildman–Crippen MR) is 77.0 cm³/mol. The SMILES string of the molecule is O=C(NCC#Cc1ccccc1Cl)c1c(F)cccc1F. The van der Waals surface area contributed by atoms with Gasteiger partial charge in [0.05, 0.1) is 11.6 Å². The standard InChI is InChI=1S/C16H10ClF2NO/c17-12-7-2-1-5-11(12)6-4-10-20-16(21)15-13(18)8-3-9-14(15)19/h1-3,5,7-9H,10H2,(H,20,21). The maximum Gasteiger partial charge on any atom is 0.258 e. The Kier molecular flexibility index (Phi) is 4.91. The van der Waals surface area contributed by atoms with Crippen LogP contribution in [-0.2, 0) is 0 Å². The highest BCUT2D eigenvalue weighted by atomic mass is 35.5. The lowest BCUT2D eigenvalue weighted by molar-refractivity contribution is 0.0950. The van der Waals surface area contributed by atoms with Crippen molar-refractivity contribution in [1.29, 1.82) is 0 Å². The van der Waals surface area contributed by atoms with Gasteiger partial charge in [0.15, 0.2) is 0 Å². The first-order valence-corrected chi connectivity index (χ1v) is 6.43. The van der Waals surface area contributed by atoms with E-state index >= 15 is 0 Å². The maximum atomic E-state index is 13.4. The minimum Gasteiger partial charge on any atom is -0.341 e. The molecule has 0 aliphatic carbocycles. The van der Waals surface area contributed by atoms with Crippen molar-refractivity contribution in [2.75, 3.05) is 6.54 Å². The summed E-state index contributed by atoms with van der Waals surface area (Å²) in [4.78, 5) is 11.7. The summed E-state index contributed by atoms with van der Waals surface area (Å²) in [6.45, 7) is -0.0438. The zero-order chi connectivity index (χ0) is 15.2. The Hall–Kier alpha value is -2.38. The van der Waals surface area contributed by atoms with Gasteiger partial charge < -0.3 is 5.32 Å². The van der Waals surface area contributed by atoms with Crippen molar-refractivity contribution < 1.29 is 13.6 Å². The quantitative estimate of drug-likeness (QED) is 0.847. The molecule has 2 aromatic rings. The van der Waals surface area contributed by atoms with Crippen LogP contribution in [0.5, 0.6) is 0 Å². The molecule has 2 nitrogen and oxygen atoms in total. The van der Waals surface area contributed by atoms with E-state index in [1.807, 2.05) is 0 Å². The largest absolute Gasteiger partial charge is 0.341 e. The fraction of sp³-hybridized carbons (Fsp3) is 0.0625. The topological polar surface area (TPSA) is 29.1 Å². The molecule has 106 valence electrons. The Bertz CT molecular complexity index is 714. The molecule has 0 unspecified atom stereocenters. The van der Waals surface area contributed by atoms with Gasteiger partial charge in [-0.15, -0.1) is 0 Å². The van der Waals surface area contributed by atoms with Gasteiger partial charge in [0.2, 0.25) is 0 Å². The fourth-order valence-corrected chi connectivity index (χ4v) is 1.81. The lowest BCUT2D eigenvalue weighted by Gasteiger charge is -2.03. The first-order chi connectivity index (χ1) is 10.1. The molecular formula is C16H10ClF2NO. The monoisotopic (exact) mass is 305 g/mol. The second-order valence-corrected chi connectivity index (χ2v) is 4.47. The van der Waals surface area contributed by atoms with Gasteiger partial charge in [0.1, 0.15) is 17.2 Å². The second-order valence-electron chi connectivity index (χ2n) is 4.06. The molecule has 2 aromatic carbocycles. The van der Waals surface area contributed by atoms with Crippen LogP contribution in [0.3, 0.4) is 0 Å². The van der Waals surface area contributed by atoms with Gasteiger partial charge >= 0.3 is 0 Å². The highest BCUT2D eigenvalue weighted by Gasteiger charge is 2.15. The van der Waals surface area contributed by atoms with Crippen molar-refractivity contribution >= 4 is 17.5 Å². The lowest BCUT2D eigenvalue weighted by atomic mass is 10.2. The molecule has 0 fully saturated rings. The summed E-state index contributed by atoms with van der Waals surface area (Å²) in [7, 11) is 0. The van der Waals surface area contributed by atoms with Gasteiger partial charge in [-0.25, -0.2) is 8.78 Å². The van der Waals surface area contributed by atoms with Gasteiger partial charge in [0.25, 0.3) is 5.91 Å². The number of nitrogens with one attached hydrogen (secondary N) is 1. The zero-order valence-electron chi connectivity index (χ0n) is 10.8. The Labute approximate surface area is 125 Å². The van der Waals surface area contributed by atoms with E-state index in [0.717, 1.165) is 12.1 Å². The second kappa shape index (κ2) is 6.87. The van der Waals surface area contributed by atoms with Crippen LogP contribution in [0, 0.1) is 23.5 Å². The summed E-state index contributed by atoms with van der Waals surface area (Å²) in [6.07, 6.45) is 0. The van der Waals surface area contributed by atoms with Crippen molar-refractivity contribution in [1.82, 2.24) is 5.32 Å². The van der Waals surface area contributed by atoms with Crippen LogP contribution in [0.15, 0.2) is 42.5 Å². The number of hydrogen-bond donors (Lipinski definition) is 1. The summed E-state index contributed by atoms with van der Waals surface area (Å²) < 4.78 is 26.7. The highest BCUT2D eigenvalue weighted by Crippen LogP contribution is 2.13. The Morgan fingerprint density at radius 1 is 1.10 bits per heavy atom. The van der Waals surface area contributed by atoms with Crippen molar-refractivity contribution in [3.05, 3.63) is 70.2 Å². The lowest BCUT2D eigenvalue weighted by Crippen LogP contribution is -2.25. The summed E-state index contributed by atoms with van der Waals surface area (Å²) in [6, 6.07) is 10.2. The average molecular weight is 306 g/mol.